The zero-order valence-corrected chi connectivity index (χ0v) is 11.5. The largest absolute Gasteiger partial charge is 0.333 e. The van der Waals surface area contributed by atoms with Crippen LogP contribution < -0.4 is 5.32 Å². The maximum atomic E-state index is 12.0. The molecule has 2 rings (SSSR count). The molecule has 19 heavy (non-hydrogen) atoms. The molecule has 1 fully saturated rings. The van der Waals surface area contributed by atoms with Crippen molar-refractivity contribution in [1.82, 2.24) is 4.90 Å². The van der Waals surface area contributed by atoms with E-state index in [4.69, 9.17) is 0 Å². The van der Waals surface area contributed by atoms with Gasteiger partial charge in [-0.1, -0.05) is 25.1 Å². The third-order valence-corrected chi connectivity index (χ3v) is 3.51. The van der Waals surface area contributed by atoms with Crippen LogP contribution in [0.15, 0.2) is 18.2 Å². The lowest BCUT2D eigenvalue weighted by Gasteiger charge is -2.17. The zero-order valence-electron chi connectivity index (χ0n) is 11.5. The second kappa shape index (κ2) is 5.87. The SMILES string of the molecule is CCc1cccc(C)c1NC(=O)CN1CCCC1=O. The van der Waals surface area contributed by atoms with Gasteiger partial charge in [-0.2, -0.15) is 0 Å². The summed E-state index contributed by atoms with van der Waals surface area (Å²) in [5.74, 6) is -0.0325. The van der Waals surface area contributed by atoms with Gasteiger partial charge in [-0.05, 0) is 30.9 Å². The van der Waals surface area contributed by atoms with Gasteiger partial charge in [0, 0.05) is 18.7 Å². The Morgan fingerprint density at radius 3 is 2.84 bits per heavy atom. The molecule has 1 heterocycles. The molecule has 0 unspecified atom stereocenters. The monoisotopic (exact) mass is 260 g/mol. The first-order chi connectivity index (χ1) is 9.11. The molecule has 102 valence electrons. The normalized spacial score (nSPS) is 14.8. The van der Waals surface area contributed by atoms with Crippen LogP contribution in [-0.4, -0.2) is 29.8 Å². The predicted octanol–water partition coefficient (Wildman–Crippen LogP) is 2.12. The van der Waals surface area contributed by atoms with Gasteiger partial charge in [0.15, 0.2) is 0 Å². The van der Waals surface area contributed by atoms with Crippen LogP contribution in [0.3, 0.4) is 0 Å². The number of nitrogens with zero attached hydrogens (tertiary/aromatic N) is 1. The Balaban J connectivity index is 2.04. The number of nitrogens with one attached hydrogen (secondary N) is 1. The van der Waals surface area contributed by atoms with Crippen molar-refractivity contribution >= 4 is 17.5 Å². The topological polar surface area (TPSA) is 49.4 Å². The van der Waals surface area contributed by atoms with Crippen LogP contribution in [0.1, 0.15) is 30.9 Å². The summed E-state index contributed by atoms with van der Waals surface area (Å²) in [5.41, 5.74) is 3.07. The van der Waals surface area contributed by atoms with Gasteiger partial charge in [0.1, 0.15) is 0 Å². The van der Waals surface area contributed by atoms with E-state index in [0.717, 1.165) is 29.7 Å². The minimum atomic E-state index is -0.112. The van der Waals surface area contributed by atoms with Crippen LogP contribution in [0.2, 0.25) is 0 Å². The highest BCUT2D eigenvalue weighted by molar-refractivity contribution is 5.96. The Morgan fingerprint density at radius 1 is 1.42 bits per heavy atom. The van der Waals surface area contributed by atoms with Crippen molar-refractivity contribution in [3.8, 4) is 0 Å². The summed E-state index contributed by atoms with van der Waals surface area (Å²) in [7, 11) is 0. The highest BCUT2D eigenvalue weighted by Gasteiger charge is 2.22. The third kappa shape index (κ3) is 3.13. The smallest absolute Gasteiger partial charge is 0.244 e. The summed E-state index contributed by atoms with van der Waals surface area (Å²) in [6, 6.07) is 5.99. The van der Waals surface area contributed by atoms with E-state index in [0.29, 0.717) is 13.0 Å². The molecule has 1 N–H and O–H groups in total. The molecule has 0 aliphatic carbocycles. The molecule has 0 bridgehead atoms. The molecule has 0 spiro atoms. The molecule has 0 radical (unpaired) electrons. The molecule has 1 saturated heterocycles. The molecule has 4 nitrogen and oxygen atoms in total. The van der Waals surface area contributed by atoms with E-state index in [1.54, 1.807) is 4.90 Å². The van der Waals surface area contributed by atoms with Gasteiger partial charge < -0.3 is 10.2 Å². The Labute approximate surface area is 113 Å². The number of aryl methyl sites for hydroxylation is 2. The molecule has 1 aliphatic heterocycles. The fourth-order valence-electron chi connectivity index (χ4n) is 2.43. The number of carbonyl (C=O) groups is 2. The van der Waals surface area contributed by atoms with E-state index >= 15 is 0 Å². The third-order valence-electron chi connectivity index (χ3n) is 3.51. The van der Waals surface area contributed by atoms with Crippen LogP contribution in [-0.2, 0) is 16.0 Å². The number of hydrogen-bond acceptors (Lipinski definition) is 2. The molecule has 1 aromatic carbocycles. The van der Waals surface area contributed by atoms with Crippen LogP contribution in [0.25, 0.3) is 0 Å². The molecule has 0 aromatic heterocycles. The lowest BCUT2D eigenvalue weighted by molar-refractivity contribution is -0.131. The summed E-state index contributed by atoms with van der Waals surface area (Å²) >= 11 is 0. The summed E-state index contributed by atoms with van der Waals surface area (Å²) in [4.78, 5) is 25.2. The zero-order chi connectivity index (χ0) is 13.8. The minimum Gasteiger partial charge on any atom is -0.333 e. The first-order valence-electron chi connectivity index (χ1n) is 6.78. The predicted molar refractivity (Wildman–Crippen MR) is 75.0 cm³/mol. The highest BCUT2D eigenvalue weighted by Crippen LogP contribution is 2.21. The van der Waals surface area contributed by atoms with Crippen LogP contribution in [0.5, 0.6) is 0 Å². The molecular weight excluding hydrogens is 240 g/mol. The minimum absolute atomic E-state index is 0.0793. The van der Waals surface area contributed by atoms with Gasteiger partial charge in [0.2, 0.25) is 11.8 Å². The first-order valence-corrected chi connectivity index (χ1v) is 6.78. The highest BCUT2D eigenvalue weighted by atomic mass is 16.2. The first kappa shape index (κ1) is 13.6. The van der Waals surface area contributed by atoms with Gasteiger partial charge in [0.05, 0.1) is 6.54 Å². The van der Waals surface area contributed by atoms with E-state index in [1.165, 1.54) is 0 Å². The lowest BCUT2D eigenvalue weighted by Crippen LogP contribution is -2.34. The van der Waals surface area contributed by atoms with E-state index in [9.17, 15) is 9.59 Å². The molecule has 1 aliphatic rings. The standard InChI is InChI=1S/C15H20N2O2/c1-3-12-7-4-6-11(2)15(12)16-13(18)10-17-9-5-8-14(17)19/h4,6-7H,3,5,8-10H2,1-2H3,(H,16,18). The fourth-order valence-corrected chi connectivity index (χ4v) is 2.43. The van der Waals surface area contributed by atoms with Gasteiger partial charge in [-0.25, -0.2) is 0 Å². The van der Waals surface area contributed by atoms with Crippen LogP contribution in [0, 0.1) is 6.92 Å². The second-order valence-corrected chi connectivity index (χ2v) is 4.93. The molecule has 0 saturated carbocycles. The summed E-state index contributed by atoms with van der Waals surface area (Å²) < 4.78 is 0. The van der Waals surface area contributed by atoms with Gasteiger partial charge in [0.25, 0.3) is 0 Å². The van der Waals surface area contributed by atoms with E-state index in [1.807, 2.05) is 25.1 Å². The van der Waals surface area contributed by atoms with Gasteiger partial charge >= 0.3 is 0 Å². The van der Waals surface area contributed by atoms with Gasteiger partial charge in [-0.15, -0.1) is 0 Å². The van der Waals surface area contributed by atoms with Crippen LogP contribution >= 0.6 is 0 Å². The van der Waals surface area contributed by atoms with E-state index < -0.39 is 0 Å². The number of benzene rings is 1. The van der Waals surface area contributed by atoms with E-state index in [-0.39, 0.29) is 18.4 Å². The van der Waals surface area contributed by atoms with Gasteiger partial charge in [-0.3, -0.25) is 9.59 Å². The average Bonchev–Trinajstić information content (AvgIpc) is 2.77. The molecule has 1 aromatic rings. The van der Waals surface area contributed by atoms with Crippen molar-refractivity contribution in [3.63, 3.8) is 0 Å². The number of likely N-dealkylation sites (tertiary alicyclic amines) is 1. The fraction of sp³-hybridized carbons (Fsp3) is 0.467. The molecule has 2 amide bonds. The Kier molecular flexibility index (Phi) is 4.20. The maximum Gasteiger partial charge on any atom is 0.244 e. The van der Waals surface area contributed by atoms with E-state index in [2.05, 4.69) is 12.2 Å². The maximum absolute atomic E-state index is 12.0. The number of rotatable bonds is 4. The Morgan fingerprint density at radius 2 is 2.21 bits per heavy atom. The summed E-state index contributed by atoms with van der Waals surface area (Å²) in [6.45, 7) is 4.90. The van der Waals surface area contributed by atoms with Crippen molar-refractivity contribution < 1.29 is 9.59 Å². The molecule has 4 heteroatoms. The quantitative estimate of drug-likeness (QED) is 0.901. The second-order valence-electron chi connectivity index (χ2n) is 4.93. The molecular formula is C15H20N2O2. The lowest BCUT2D eigenvalue weighted by atomic mass is 10.1. The van der Waals surface area contributed by atoms with Crippen molar-refractivity contribution in [1.29, 1.82) is 0 Å². The van der Waals surface area contributed by atoms with Crippen molar-refractivity contribution in [2.24, 2.45) is 0 Å². The number of carbonyl (C=O) groups excluding carboxylic acids is 2. The number of para-hydroxylation sites is 1. The average molecular weight is 260 g/mol. The Hall–Kier alpha value is -1.84. The van der Waals surface area contributed by atoms with Crippen molar-refractivity contribution in [2.75, 3.05) is 18.4 Å². The van der Waals surface area contributed by atoms with Crippen molar-refractivity contribution in [3.05, 3.63) is 29.3 Å². The molecule has 0 atom stereocenters. The number of anilines is 1. The summed E-state index contributed by atoms with van der Waals surface area (Å²) in [5, 5.41) is 2.94. The summed E-state index contributed by atoms with van der Waals surface area (Å²) in [6.07, 6.45) is 2.30. The Bertz CT molecular complexity index is 497. The van der Waals surface area contributed by atoms with Crippen LogP contribution in [0.4, 0.5) is 5.69 Å². The van der Waals surface area contributed by atoms with Crippen molar-refractivity contribution in [2.45, 2.75) is 33.1 Å². The number of amides is 2. The number of hydrogen-bond donors (Lipinski definition) is 1.